The van der Waals surface area contributed by atoms with Gasteiger partial charge in [0.1, 0.15) is 0 Å². The summed E-state index contributed by atoms with van der Waals surface area (Å²) >= 11 is 0. The highest BCUT2D eigenvalue weighted by atomic mass is 16.5. The maximum absolute atomic E-state index is 9.82. The van der Waals surface area contributed by atoms with Crippen LogP contribution in [-0.2, 0) is 9.53 Å². The maximum atomic E-state index is 9.82. The van der Waals surface area contributed by atoms with Crippen molar-refractivity contribution in [3.8, 4) is 0 Å². The molecule has 0 unspecified atom stereocenters. The monoisotopic (exact) mass is 233 g/mol. The van der Waals surface area contributed by atoms with Crippen molar-refractivity contribution in [2.24, 2.45) is 0 Å². The smallest absolute Gasteiger partial charge is 0.302 e. The Balaban J connectivity index is -0.000000153. The Hall–Kier alpha value is -0.570. The van der Waals surface area contributed by atoms with Crippen molar-refractivity contribution in [1.82, 2.24) is 5.32 Å². The molecule has 1 fully saturated rings. The van der Waals surface area contributed by atoms with E-state index in [1.54, 1.807) is 6.92 Å². The average molecular weight is 233 g/mol. The van der Waals surface area contributed by atoms with Crippen LogP contribution in [0.1, 0.15) is 60.8 Å². The van der Waals surface area contributed by atoms with E-state index in [2.05, 4.69) is 23.9 Å². The van der Waals surface area contributed by atoms with E-state index in [-0.39, 0.29) is 5.97 Å². The van der Waals surface area contributed by atoms with Crippen LogP contribution in [0.2, 0.25) is 0 Å². The summed E-state index contributed by atoms with van der Waals surface area (Å²) in [5.74, 6) is -0.211. The number of nitrogens with one attached hydrogen (secondary N) is 1. The highest BCUT2D eigenvalue weighted by Gasteiger charge is 1.93. The molecule has 0 saturated carbocycles. The van der Waals surface area contributed by atoms with Gasteiger partial charge in [-0.05, 0) is 32.9 Å². The van der Waals surface area contributed by atoms with Crippen molar-refractivity contribution < 1.29 is 9.53 Å². The van der Waals surface area contributed by atoms with Gasteiger partial charge in [-0.2, -0.15) is 0 Å². The quantitative estimate of drug-likeness (QED) is 0.706. The van der Waals surface area contributed by atoms with Crippen LogP contribution in [0.25, 0.3) is 0 Å². The molecule has 0 atom stereocenters. The SMILES string of the molecule is C1CCNC1.CC.CCC.CCOC(C)=O. The predicted octanol–water partition coefficient (Wildman–Crippen LogP) is 3.38. The zero-order chi connectivity index (χ0) is 13.2. The van der Waals surface area contributed by atoms with Crippen molar-refractivity contribution in [3.63, 3.8) is 0 Å². The van der Waals surface area contributed by atoms with E-state index in [1.807, 2.05) is 13.8 Å². The number of rotatable bonds is 1. The van der Waals surface area contributed by atoms with Crippen LogP contribution in [0.15, 0.2) is 0 Å². The van der Waals surface area contributed by atoms with Crippen molar-refractivity contribution in [2.75, 3.05) is 19.7 Å². The first-order valence-corrected chi connectivity index (χ1v) is 6.53. The third-order valence-electron chi connectivity index (χ3n) is 1.30. The normalized spacial score (nSPS) is 11.9. The molecule has 0 aromatic rings. The summed E-state index contributed by atoms with van der Waals surface area (Å²) in [4.78, 5) is 9.82. The second-order valence-corrected chi connectivity index (χ2v) is 3.09. The molecule has 3 heteroatoms. The molecule has 16 heavy (non-hydrogen) atoms. The van der Waals surface area contributed by atoms with E-state index in [4.69, 9.17) is 0 Å². The van der Waals surface area contributed by atoms with Crippen LogP contribution in [0.5, 0.6) is 0 Å². The largest absolute Gasteiger partial charge is 0.466 e. The molecule has 0 aromatic heterocycles. The minimum atomic E-state index is -0.211. The number of hydrogen-bond donors (Lipinski definition) is 1. The fraction of sp³-hybridized carbons (Fsp3) is 0.923. The van der Waals surface area contributed by atoms with Crippen molar-refractivity contribution in [2.45, 2.75) is 60.8 Å². The van der Waals surface area contributed by atoms with Gasteiger partial charge in [0, 0.05) is 6.92 Å². The van der Waals surface area contributed by atoms with E-state index in [1.165, 1.54) is 39.3 Å². The molecular weight excluding hydrogens is 202 g/mol. The van der Waals surface area contributed by atoms with Crippen LogP contribution in [0, 0.1) is 0 Å². The minimum Gasteiger partial charge on any atom is -0.466 e. The lowest BCUT2D eigenvalue weighted by atomic mass is 10.4. The molecular formula is C13H31NO2. The summed E-state index contributed by atoms with van der Waals surface area (Å²) in [6.07, 6.45) is 4.03. The van der Waals surface area contributed by atoms with E-state index < -0.39 is 0 Å². The van der Waals surface area contributed by atoms with E-state index >= 15 is 0 Å². The van der Waals surface area contributed by atoms with Gasteiger partial charge in [-0.3, -0.25) is 4.79 Å². The number of ether oxygens (including phenoxy) is 1. The Morgan fingerprint density at radius 2 is 1.50 bits per heavy atom. The fourth-order valence-corrected chi connectivity index (χ4v) is 0.828. The van der Waals surface area contributed by atoms with Crippen LogP contribution < -0.4 is 5.32 Å². The van der Waals surface area contributed by atoms with Gasteiger partial charge in [0.05, 0.1) is 6.61 Å². The highest BCUT2D eigenvalue weighted by Crippen LogP contribution is 1.90. The standard InChI is InChI=1S/C4H9N.C4H8O2.C3H8.C2H6/c1-2-4-5-3-1;1-3-6-4(2)5;1-3-2;1-2/h5H,1-4H2;3H2,1-2H3;3H2,1-2H3;1-2H3. The Bertz CT molecular complexity index is 105. The van der Waals surface area contributed by atoms with Gasteiger partial charge in [-0.1, -0.05) is 34.1 Å². The number of hydrogen-bond acceptors (Lipinski definition) is 3. The van der Waals surface area contributed by atoms with E-state index in [0.717, 1.165) is 0 Å². The third-order valence-corrected chi connectivity index (χ3v) is 1.30. The van der Waals surface area contributed by atoms with Crippen molar-refractivity contribution in [3.05, 3.63) is 0 Å². The molecule has 1 aliphatic rings. The van der Waals surface area contributed by atoms with Crippen molar-refractivity contribution in [1.29, 1.82) is 0 Å². The molecule has 1 heterocycles. The van der Waals surface area contributed by atoms with Crippen molar-refractivity contribution >= 4 is 5.97 Å². The topological polar surface area (TPSA) is 38.3 Å². The summed E-state index contributed by atoms with van der Waals surface area (Å²) in [5, 5.41) is 3.22. The Kier molecular flexibility index (Phi) is 31.1. The van der Waals surface area contributed by atoms with Gasteiger partial charge in [-0.15, -0.1) is 0 Å². The first-order valence-electron chi connectivity index (χ1n) is 6.53. The van der Waals surface area contributed by atoms with E-state index in [0.29, 0.717) is 6.61 Å². The molecule has 1 aliphatic heterocycles. The predicted molar refractivity (Wildman–Crippen MR) is 71.7 cm³/mol. The first-order chi connectivity index (χ1) is 7.68. The second-order valence-electron chi connectivity index (χ2n) is 3.09. The summed E-state index contributed by atoms with van der Waals surface area (Å²) in [6, 6.07) is 0. The van der Waals surface area contributed by atoms with Crippen LogP contribution in [0.4, 0.5) is 0 Å². The lowest BCUT2D eigenvalue weighted by Gasteiger charge is -1.89. The molecule has 1 saturated heterocycles. The summed E-state index contributed by atoms with van der Waals surface area (Å²) in [6.45, 7) is 14.4. The van der Waals surface area contributed by atoms with Gasteiger partial charge in [0.2, 0.25) is 0 Å². The lowest BCUT2D eigenvalue weighted by Crippen LogP contribution is -2.03. The van der Waals surface area contributed by atoms with Gasteiger partial charge in [0.25, 0.3) is 0 Å². The maximum Gasteiger partial charge on any atom is 0.302 e. The molecule has 0 bridgehead atoms. The minimum absolute atomic E-state index is 0.211. The number of carbonyl (C=O) groups is 1. The fourth-order valence-electron chi connectivity index (χ4n) is 0.828. The summed E-state index contributed by atoms with van der Waals surface area (Å²) in [5.41, 5.74) is 0. The lowest BCUT2D eigenvalue weighted by molar-refractivity contribution is -0.140. The van der Waals surface area contributed by atoms with Gasteiger partial charge in [-0.25, -0.2) is 0 Å². The Labute approximate surface area is 102 Å². The molecule has 0 aromatic carbocycles. The van der Waals surface area contributed by atoms with Crippen LogP contribution >= 0.6 is 0 Å². The third kappa shape index (κ3) is 37.6. The van der Waals surface area contributed by atoms with Gasteiger partial charge in [0.15, 0.2) is 0 Å². The summed E-state index contributed by atoms with van der Waals surface area (Å²) in [7, 11) is 0. The molecule has 0 radical (unpaired) electrons. The second kappa shape index (κ2) is 23.9. The summed E-state index contributed by atoms with van der Waals surface area (Å²) < 4.78 is 4.40. The molecule has 0 aliphatic carbocycles. The van der Waals surface area contributed by atoms with Gasteiger partial charge < -0.3 is 10.1 Å². The van der Waals surface area contributed by atoms with Gasteiger partial charge >= 0.3 is 5.97 Å². The first kappa shape index (κ1) is 20.8. The number of carbonyl (C=O) groups excluding carboxylic acids is 1. The highest BCUT2D eigenvalue weighted by molar-refractivity contribution is 5.65. The molecule has 0 amide bonds. The molecule has 1 rings (SSSR count). The van der Waals surface area contributed by atoms with Crippen LogP contribution in [0.3, 0.4) is 0 Å². The molecule has 1 N–H and O–H groups in total. The Morgan fingerprint density at radius 1 is 1.12 bits per heavy atom. The van der Waals surface area contributed by atoms with E-state index in [9.17, 15) is 4.79 Å². The molecule has 3 nitrogen and oxygen atoms in total. The molecule has 100 valence electrons. The molecule has 0 spiro atoms. The number of esters is 1. The van der Waals surface area contributed by atoms with Crippen LogP contribution in [-0.4, -0.2) is 25.7 Å². The average Bonchev–Trinajstić information content (AvgIpc) is 2.79. The zero-order valence-corrected chi connectivity index (χ0v) is 12.1. The Morgan fingerprint density at radius 3 is 1.56 bits per heavy atom. The zero-order valence-electron chi connectivity index (χ0n) is 12.1.